The Morgan fingerprint density at radius 2 is 2.07 bits per heavy atom. The molecule has 0 spiro atoms. The van der Waals surface area contributed by atoms with E-state index in [0.29, 0.717) is 14.9 Å². The van der Waals surface area contributed by atoms with Gasteiger partial charge in [-0.2, -0.15) is 4.73 Å². The Morgan fingerprint density at radius 1 is 1.30 bits per heavy atom. The lowest BCUT2D eigenvalue weighted by atomic mass is 10.2. The van der Waals surface area contributed by atoms with Crippen molar-refractivity contribution in [2.75, 3.05) is 0 Å². The van der Waals surface area contributed by atoms with Gasteiger partial charge in [0.15, 0.2) is 24.3 Å². The van der Waals surface area contributed by atoms with Crippen LogP contribution in [0.5, 0.6) is 0 Å². The molecule has 4 rings (SSSR count). The minimum atomic E-state index is -0.749. The van der Waals surface area contributed by atoms with E-state index in [1.807, 2.05) is 22.9 Å². The molecule has 136 valence electrons. The van der Waals surface area contributed by atoms with Crippen LogP contribution in [-0.2, 0) is 4.74 Å². The predicted octanol–water partition coefficient (Wildman–Crippen LogP) is 3.26. The molecule has 0 aliphatic carbocycles. The molecule has 0 saturated carbocycles. The summed E-state index contributed by atoms with van der Waals surface area (Å²) in [4.78, 5) is 33.6. The topological polar surface area (TPSA) is 99.0 Å². The maximum Gasteiger partial charge on any atom is 0.339 e. The molecule has 1 N–H and O–H groups in total. The molecule has 0 saturated heterocycles. The molecule has 0 aliphatic heterocycles. The summed E-state index contributed by atoms with van der Waals surface area (Å²) in [7, 11) is 0. The van der Waals surface area contributed by atoms with E-state index in [4.69, 9.17) is 4.74 Å². The Bertz CT molecular complexity index is 1160. The summed E-state index contributed by atoms with van der Waals surface area (Å²) >= 11 is 2.93. The fraction of sp³-hybridized carbons (Fsp3) is 0.111. The van der Waals surface area contributed by atoms with Gasteiger partial charge in [-0.05, 0) is 18.4 Å². The van der Waals surface area contributed by atoms with E-state index in [-0.39, 0.29) is 16.9 Å². The van der Waals surface area contributed by atoms with E-state index in [9.17, 15) is 14.8 Å². The van der Waals surface area contributed by atoms with Crippen molar-refractivity contribution in [3.05, 3.63) is 74.4 Å². The highest BCUT2D eigenvalue weighted by Crippen LogP contribution is 2.33. The third kappa shape index (κ3) is 3.34. The number of aromatic nitrogens is 3. The first-order chi connectivity index (χ1) is 13.0. The zero-order valence-electron chi connectivity index (χ0n) is 14.0. The monoisotopic (exact) mass is 399 g/mol. The van der Waals surface area contributed by atoms with Crippen molar-refractivity contribution in [2.24, 2.45) is 0 Å². The van der Waals surface area contributed by atoms with Crippen LogP contribution in [0.25, 0.3) is 20.7 Å². The van der Waals surface area contributed by atoms with Crippen molar-refractivity contribution in [3.63, 3.8) is 0 Å². The number of hydrogen-bond acceptors (Lipinski definition) is 7. The van der Waals surface area contributed by atoms with Gasteiger partial charge in [-0.3, -0.25) is 4.79 Å². The number of hydrogen-bond donors (Lipinski definition) is 1. The number of rotatable bonds is 4. The molecule has 1 atom stereocenters. The van der Waals surface area contributed by atoms with Crippen LogP contribution in [0.15, 0.2) is 52.2 Å². The number of H-pyrrole nitrogens is 1. The van der Waals surface area contributed by atoms with Gasteiger partial charge in [0.05, 0.1) is 10.9 Å². The van der Waals surface area contributed by atoms with Gasteiger partial charge in [-0.25, -0.2) is 9.78 Å². The van der Waals surface area contributed by atoms with Gasteiger partial charge < -0.3 is 14.9 Å². The molecule has 0 bridgehead atoms. The summed E-state index contributed by atoms with van der Waals surface area (Å²) in [5, 5.41) is 15.4. The zero-order valence-corrected chi connectivity index (χ0v) is 15.7. The quantitative estimate of drug-likeness (QED) is 0.323. The van der Waals surface area contributed by atoms with Gasteiger partial charge in [-0.1, -0.05) is 6.07 Å². The van der Waals surface area contributed by atoms with E-state index in [2.05, 4.69) is 9.97 Å². The number of aromatic amines is 1. The standard InChI is InChI=1S/C18H13N3O4S2/c1-10(25-18(23)11-4-6-21(24)7-5-11)15-19-16(22)14-12(9-27-17(14)20-15)13-3-2-8-26-13/h2-10H,1H3,(H,19,20,22)/t10-/m0/s1. The van der Waals surface area contributed by atoms with Crippen LogP contribution < -0.4 is 10.3 Å². The summed E-state index contributed by atoms with van der Waals surface area (Å²) < 4.78 is 5.95. The molecule has 0 unspecified atom stereocenters. The van der Waals surface area contributed by atoms with E-state index in [1.54, 1.807) is 18.3 Å². The molecule has 4 heterocycles. The minimum Gasteiger partial charge on any atom is -0.619 e. The number of nitrogens with zero attached hydrogens (tertiary/aromatic N) is 2. The Morgan fingerprint density at radius 3 is 2.78 bits per heavy atom. The number of nitrogens with one attached hydrogen (secondary N) is 1. The van der Waals surface area contributed by atoms with Gasteiger partial charge in [0.25, 0.3) is 5.56 Å². The van der Waals surface area contributed by atoms with Crippen LogP contribution in [0.2, 0.25) is 0 Å². The van der Waals surface area contributed by atoms with Crippen LogP contribution in [0, 0.1) is 5.21 Å². The molecule has 4 aromatic heterocycles. The summed E-state index contributed by atoms with van der Waals surface area (Å²) in [5.41, 5.74) is 0.827. The van der Waals surface area contributed by atoms with Gasteiger partial charge in [0.1, 0.15) is 4.83 Å². The highest BCUT2D eigenvalue weighted by Gasteiger charge is 2.19. The molecular weight excluding hydrogens is 386 g/mol. The van der Waals surface area contributed by atoms with E-state index >= 15 is 0 Å². The molecule has 0 aliphatic rings. The highest BCUT2D eigenvalue weighted by molar-refractivity contribution is 7.18. The lowest BCUT2D eigenvalue weighted by molar-refractivity contribution is -0.605. The van der Waals surface area contributed by atoms with Gasteiger partial charge in [-0.15, -0.1) is 22.7 Å². The van der Waals surface area contributed by atoms with Crippen molar-refractivity contribution in [2.45, 2.75) is 13.0 Å². The van der Waals surface area contributed by atoms with Crippen molar-refractivity contribution < 1.29 is 14.3 Å². The molecule has 0 fully saturated rings. The summed E-state index contributed by atoms with van der Waals surface area (Å²) in [6.45, 7) is 1.63. The third-order valence-electron chi connectivity index (χ3n) is 3.96. The smallest absolute Gasteiger partial charge is 0.339 e. The SMILES string of the molecule is C[C@H](OC(=O)c1cc[n+]([O-])cc1)c1nc2scc(-c3cccs3)c2c(=O)[nH]1. The first-order valence-corrected chi connectivity index (χ1v) is 9.74. The fourth-order valence-corrected chi connectivity index (χ4v) is 4.37. The van der Waals surface area contributed by atoms with Crippen LogP contribution in [-0.4, -0.2) is 15.9 Å². The molecule has 7 nitrogen and oxygen atoms in total. The molecule has 0 amide bonds. The van der Waals surface area contributed by atoms with E-state index in [1.165, 1.54) is 35.9 Å². The van der Waals surface area contributed by atoms with Crippen molar-refractivity contribution in [1.82, 2.24) is 9.97 Å². The van der Waals surface area contributed by atoms with Crippen LogP contribution >= 0.6 is 22.7 Å². The van der Waals surface area contributed by atoms with Gasteiger partial charge in [0.2, 0.25) is 0 Å². The lowest BCUT2D eigenvalue weighted by Gasteiger charge is -2.12. The second kappa shape index (κ2) is 6.93. The van der Waals surface area contributed by atoms with E-state index < -0.39 is 12.1 Å². The average Bonchev–Trinajstić information content (AvgIpc) is 3.31. The van der Waals surface area contributed by atoms with E-state index in [0.717, 1.165) is 10.4 Å². The predicted molar refractivity (Wildman–Crippen MR) is 103 cm³/mol. The first kappa shape index (κ1) is 17.4. The normalized spacial score (nSPS) is 12.2. The molecule has 0 aromatic carbocycles. The molecule has 9 heteroatoms. The second-order valence-corrected chi connectivity index (χ2v) is 7.56. The lowest BCUT2D eigenvalue weighted by Crippen LogP contribution is -2.24. The molecule has 0 radical (unpaired) electrons. The average molecular weight is 399 g/mol. The van der Waals surface area contributed by atoms with Gasteiger partial charge >= 0.3 is 5.97 Å². The molecular formula is C18H13N3O4S2. The van der Waals surface area contributed by atoms with Crippen LogP contribution in [0.4, 0.5) is 0 Å². The Labute approximate surface area is 161 Å². The molecule has 27 heavy (non-hydrogen) atoms. The van der Waals surface area contributed by atoms with Crippen LogP contribution in [0.3, 0.4) is 0 Å². The number of thiophene rings is 2. The number of carbonyl (C=O) groups excluding carboxylic acids is 1. The van der Waals surface area contributed by atoms with Crippen LogP contribution in [0.1, 0.15) is 29.2 Å². The maximum absolute atomic E-state index is 12.6. The summed E-state index contributed by atoms with van der Waals surface area (Å²) in [6, 6.07) is 6.62. The third-order valence-corrected chi connectivity index (χ3v) is 5.73. The van der Waals surface area contributed by atoms with Crippen molar-refractivity contribution in [1.29, 1.82) is 0 Å². The zero-order chi connectivity index (χ0) is 19.0. The largest absolute Gasteiger partial charge is 0.619 e. The number of esters is 1. The Kier molecular flexibility index (Phi) is 4.46. The first-order valence-electron chi connectivity index (χ1n) is 7.98. The maximum atomic E-state index is 12.6. The van der Waals surface area contributed by atoms with Crippen molar-refractivity contribution in [3.8, 4) is 10.4 Å². The van der Waals surface area contributed by atoms with Gasteiger partial charge in [0, 0.05) is 28.0 Å². The minimum absolute atomic E-state index is 0.244. The number of fused-ring (bicyclic) bond motifs is 1. The van der Waals surface area contributed by atoms with Crippen molar-refractivity contribution >= 4 is 38.9 Å². The number of carbonyl (C=O) groups is 1. The Hall–Kier alpha value is -3.04. The second-order valence-electron chi connectivity index (χ2n) is 5.75. The Balaban J connectivity index is 1.63. The molecule has 4 aromatic rings. The number of ether oxygens (including phenoxy) is 1. The summed E-state index contributed by atoms with van der Waals surface area (Å²) in [6.07, 6.45) is 1.68. The highest BCUT2D eigenvalue weighted by atomic mass is 32.1. The summed E-state index contributed by atoms with van der Waals surface area (Å²) in [5.74, 6) is -0.327. The fourth-order valence-electron chi connectivity index (χ4n) is 2.60. The number of pyridine rings is 1.